The molecule has 2 rings (SSSR count). The number of hydrogen-bond donors (Lipinski definition) is 1. The Labute approximate surface area is 178 Å². The van der Waals surface area contributed by atoms with Gasteiger partial charge >= 0.3 is 0 Å². The molecule has 2 aromatic rings. The predicted octanol–water partition coefficient (Wildman–Crippen LogP) is 1.82. The van der Waals surface area contributed by atoms with E-state index in [4.69, 9.17) is 4.74 Å². The molecular weight excluding hydrogens is 406 g/mol. The van der Waals surface area contributed by atoms with Crippen LogP contribution in [0.3, 0.4) is 0 Å². The number of fused-ring (bicyclic) bond motifs is 1. The van der Waals surface area contributed by atoms with E-state index in [9.17, 15) is 18.0 Å². The first-order valence-corrected chi connectivity index (χ1v) is 11.6. The summed E-state index contributed by atoms with van der Waals surface area (Å²) in [5, 5.41) is 3.02. The van der Waals surface area contributed by atoms with Gasteiger partial charge in [-0.1, -0.05) is 18.2 Å². The molecule has 0 aliphatic rings. The molecule has 0 unspecified atom stereocenters. The molecule has 1 aromatic carbocycles. The maximum Gasteiger partial charge on any atom is 0.242 e. The average Bonchev–Trinajstić information content (AvgIpc) is 3.00. The first kappa shape index (κ1) is 23.9. The first-order valence-electron chi connectivity index (χ1n) is 9.96. The highest BCUT2D eigenvalue weighted by molar-refractivity contribution is 7.92. The third-order valence-electron chi connectivity index (χ3n) is 4.74. The Morgan fingerprint density at radius 3 is 2.37 bits per heavy atom. The number of benzene rings is 1. The summed E-state index contributed by atoms with van der Waals surface area (Å²) in [7, 11) is -2.39. The highest BCUT2D eigenvalue weighted by Gasteiger charge is 2.26. The first-order chi connectivity index (χ1) is 14.1. The van der Waals surface area contributed by atoms with E-state index in [1.165, 1.54) is 13.3 Å². The second-order valence-corrected chi connectivity index (χ2v) is 9.69. The molecule has 0 fully saturated rings. The van der Waals surface area contributed by atoms with Gasteiger partial charge in [0.05, 0.1) is 11.5 Å². The summed E-state index contributed by atoms with van der Waals surface area (Å²) in [4.78, 5) is 26.8. The van der Waals surface area contributed by atoms with Crippen molar-refractivity contribution in [3.8, 4) is 0 Å². The fraction of sp³-hybridized carbons (Fsp3) is 0.524. The molecule has 0 radical (unpaired) electrons. The molecule has 0 saturated carbocycles. The minimum atomic E-state index is -3.89. The van der Waals surface area contributed by atoms with Gasteiger partial charge in [0.15, 0.2) is 9.84 Å². The van der Waals surface area contributed by atoms with E-state index < -0.39 is 21.5 Å². The predicted molar refractivity (Wildman–Crippen MR) is 116 cm³/mol. The second-order valence-electron chi connectivity index (χ2n) is 7.73. The van der Waals surface area contributed by atoms with Crippen LogP contribution in [0.15, 0.2) is 35.4 Å². The van der Waals surface area contributed by atoms with Crippen LogP contribution < -0.4 is 5.32 Å². The maximum absolute atomic E-state index is 12.9. The molecule has 8 nitrogen and oxygen atoms in total. The van der Waals surface area contributed by atoms with Gasteiger partial charge in [0.1, 0.15) is 12.3 Å². The van der Waals surface area contributed by atoms with Crippen LogP contribution in [0.2, 0.25) is 0 Å². The SMILES string of the molecule is COCCNC(=O)CS(=O)(=O)c1cn(CC(=O)N(C(C)C)C(C)C)c2ccccc12. The molecule has 1 N–H and O–H groups in total. The summed E-state index contributed by atoms with van der Waals surface area (Å²) >= 11 is 0. The fourth-order valence-electron chi connectivity index (χ4n) is 3.59. The number of ether oxygens (including phenoxy) is 1. The Morgan fingerprint density at radius 2 is 1.77 bits per heavy atom. The monoisotopic (exact) mass is 437 g/mol. The fourth-order valence-corrected chi connectivity index (χ4v) is 4.98. The van der Waals surface area contributed by atoms with Gasteiger partial charge in [-0.3, -0.25) is 9.59 Å². The number of nitrogens with zero attached hydrogens (tertiary/aromatic N) is 2. The number of methoxy groups -OCH3 is 1. The van der Waals surface area contributed by atoms with Crippen LogP contribution >= 0.6 is 0 Å². The Bertz CT molecular complexity index is 987. The lowest BCUT2D eigenvalue weighted by atomic mass is 10.2. The Balaban J connectivity index is 2.35. The van der Waals surface area contributed by atoms with Crippen molar-refractivity contribution in [1.29, 1.82) is 0 Å². The lowest BCUT2D eigenvalue weighted by molar-refractivity contribution is -0.135. The van der Waals surface area contributed by atoms with Gasteiger partial charge in [0, 0.05) is 42.8 Å². The smallest absolute Gasteiger partial charge is 0.242 e. The van der Waals surface area contributed by atoms with Gasteiger partial charge < -0.3 is 19.5 Å². The van der Waals surface area contributed by atoms with Crippen molar-refractivity contribution in [2.24, 2.45) is 0 Å². The van der Waals surface area contributed by atoms with Crippen molar-refractivity contribution in [1.82, 2.24) is 14.8 Å². The summed E-state index contributed by atoms with van der Waals surface area (Å²) in [6.07, 6.45) is 1.46. The second kappa shape index (κ2) is 10.1. The van der Waals surface area contributed by atoms with Crippen molar-refractivity contribution in [2.75, 3.05) is 26.0 Å². The van der Waals surface area contributed by atoms with Gasteiger partial charge in [-0.2, -0.15) is 0 Å². The van der Waals surface area contributed by atoms with Crippen molar-refractivity contribution < 1.29 is 22.7 Å². The highest BCUT2D eigenvalue weighted by Crippen LogP contribution is 2.26. The van der Waals surface area contributed by atoms with Gasteiger partial charge in [-0.15, -0.1) is 0 Å². The van der Waals surface area contributed by atoms with Crippen LogP contribution in [-0.4, -0.2) is 67.8 Å². The molecule has 166 valence electrons. The molecule has 9 heteroatoms. The molecule has 0 saturated heterocycles. The number of para-hydroxylation sites is 1. The van der Waals surface area contributed by atoms with E-state index in [1.807, 2.05) is 27.7 Å². The Hall–Kier alpha value is -2.39. The maximum atomic E-state index is 12.9. The number of nitrogens with one attached hydrogen (secondary N) is 1. The van der Waals surface area contributed by atoms with E-state index in [1.54, 1.807) is 33.7 Å². The van der Waals surface area contributed by atoms with E-state index in [0.717, 1.165) is 0 Å². The molecule has 0 aliphatic carbocycles. The van der Waals surface area contributed by atoms with Crippen LogP contribution in [0.1, 0.15) is 27.7 Å². The third kappa shape index (κ3) is 5.60. The average molecular weight is 438 g/mol. The van der Waals surface area contributed by atoms with Crippen LogP contribution in [0, 0.1) is 0 Å². The lowest BCUT2D eigenvalue weighted by Gasteiger charge is -2.31. The van der Waals surface area contributed by atoms with E-state index in [2.05, 4.69) is 5.32 Å². The largest absolute Gasteiger partial charge is 0.383 e. The quantitative estimate of drug-likeness (QED) is 0.572. The molecule has 0 spiro atoms. The zero-order chi connectivity index (χ0) is 22.5. The molecule has 2 amide bonds. The summed E-state index contributed by atoms with van der Waals surface area (Å²) in [6.45, 7) is 8.35. The number of hydrogen-bond acceptors (Lipinski definition) is 5. The molecule has 0 atom stereocenters. The molecule has 1 heterocycles. The summed E-state index contributed by atoms with van der Waals surface area (Å²) in [6, 6.07) is 7.04. The minimum Gasteiger partial charge on any atom is -0.383 e. The minimum absolute atomic E-state index is 0.0203. The molecule has 0 aliphatic heterocycles. The number of amides is 2. The Kier molecular flexibility index (Phi) is 8.03. The number of carbonyl (C=O) groups excluding carboxylic acids is 2. The van der Waals surface area contributed by atoms with E-state index in [-0.39, 0.29) is 36.0 Å². The third-order valence-corrected chi connectivity index (χ3v) is 6.38. The van der Waals surface area contributed by atoms with E-state index >= 15 is 0 Å². The number of aromatic nitrogens is 1. The summed E-state index contributed by atoms with van der Waals surface area (Å²) in [5.74, 6) is -1.35. The molecule has 30 heavy (non-hydrogen) atoms. The van der Waals surface area contributed by atoms with Gasteiger partial charge in [-0.05, 0) is 33.8 Å². The molecule has 0 bridgehead atoms. The lowest BCUT2D eigenvalue weighted by Crippen LogP contribution is -2.43. The van der Waals surface area contributed by atoms with Crippen molar-refractivity contribution in [2.45, 2.75) is 51.2 Å². The zero-order valence-corrected chi connectivity index (χ0v) is 19.0. The van der Waals surface area contributed by atoms with Crippen molar-refractivity contribution in [3.05, 3.63) is 30.5 Å². The molecule has 1 aromatic heterocycles. The van der Waals surface area contributed by atoms with Gasteiger partial charge in [0.2, 0.25) is 11.8 Å². The van der Waals surface area contributed by atoms with Crippen LogP contribution in [0.25, 0.3) is 10.9 Å². The standard InChI is InChI=1S/C21H31N3O5S/c1-15(2)24(16(3)4)21(26)13-23-12-19(17-8-6-7-9-18(17)23)30(27,28)14-20(25)22-10-11-29-5/h6-9,12,15-16H,10-11,13-14H2,1-5H3,(H,22,25). The summed E-state index contributed by atoms with van der Waals surface area (Å²) in [5.41, 5.74) is 0.636. The highest BCUT2D eigenvalue weighted by atomic mass is 32.2. The van der Waals surface area contributed by atoms with Crippen LogP contribution in [-0.2, 0) is 30.7 Å². The topological polar surface area (TPSA) is 97.7 Å². The molecular formula is C21H31N3O5S. The summed E-state index contributed by atoms with van der Waals surface area (Å²) < 4.78 is 32.4. The van der Waals surface area contributed by atoms with Gasteiger partial charge in [-0.25, -0.2) is 8.42 Å². The van der Waals surface area contributed by atoms with Crippen molar-refractivity contribution in [3.63, 3.8) is 0 Å². The zero-order valence-electron chi connectivity index (χ0n) is 18.2. The number of rotatable bonds is 10. The normalized spacial score (nSPS) is 12.0. The van der Waals surface area contributed by atoms with Gasteiger partial charge in [0.25, 0.3) is 0 Å². The van der Waals surface area contributed by atoms with Crippen LogP contribution in [0.5, 0.6) is 0 Å². The number of sulfone groups is 1. The Morgan fingerprint density at radius 1 is 1.13 bits per heavy atom. The van der Waals surface area contributed by atoms with E-state index in [0.29, 0.717) is 17.5 Å². The van der Waals surface area contributed by atoms with Crippen molar-refractivity contribution >= 4 is 32.6 Å². The number of carbonyl (C=O) groups is 2. The van der Waals surface area contributed by atoms with Crippen LogP contribution in [0.4, 0.5) is 0 Å².